The van der Waals surface area contributed by atoms with E-state index in [4.69, 9.17) is 4.74 Å². The second-order valence-electron chi connectivity index (χ2n) is 4.53. The molecule has 132 valence electrons. The Hall–Kier alpha value is -1.44. The van der Waals surface area contributed by atoms with Crippen molar-refractivity contribution in [2.75, 3.05) is 23.0 Å². The van der Waals surface area contributed by atoms with Gasteiger partial charge >= 0.3 is 29.6 Å². The molecule has 1 aromatic carbocycles. The van der Waals surface area contributed by atoms with Gasteiger partial charge in [0.05, 0.1) is 11.2 Å². The second-order valence-corrected chi connectivity index (χ2v) is 7.66. The van der Waals surface area contributed by atoms with E-state index >= 15 is 0 Å². The van der Waals surface area contributed by atoms with Crippen molar-refractivity contribution < 1.29 is 57.1 Å². The normalized spacial score (nSPS) is 11.3. The first-order valence-electron chi connectivity index (χ1n) is 6.37. The van der Waals surface area contributed by atoms with E-state index in [-0.39, 0.29) is 55.2 Å². The molecule has 0 radical (unpaired) electrons. The van der Waals surface area contributed by atoms with Crippen molar-refractivity contribution in [1.82, 2.24) is 9.97 Å². The molecule has 2 aromatic rings. The molecule has 2 rings (SSSR count). The van der Waals surface area contributed by atoms with Crippen molar-refractivity contribution in [3.05, 3.63) is 36.5 Å². The molecular formula is C12H15N4NaO6S2. The zero-order valence-corrected chi connectivity index (χ0v) is 17.0. The monoisotopic (exact) mass is 398 g/mol. The van der Waals surface area contributed by atoms with Gasteiger partial charge in [-0.3, -0.25) is 4.72 Å². The molecular weight excluding hydrogens is 383 g/mol. The van der Waals surface area contributed by atoms with E-state index in [9.17, 15) is 21.4 Å². The maximum Gasteiger partial charge on any atom is 1.00 e. The summed E-state index contributed by atoms with van der Waals surface area (Å²) >= 11 is 0. The number of sulfonamides is 1. The number of hydrogen-bond donors (Lipinski definition) is 2. The SMILES string of the molecule is CS(=O)(=O)Nc1nccc(NCOc2cccc(S(=O)(=O)[O-])c2)n1.[HH].[Na+]. The van der Waals surface area contributed by atoms with E-state index < -0.39 is 25.0 Å². The maximum atomic E-state index is 11.1. The summed E-state index contributed by atoms with van der Waals surface area (Å²) < 4.78 is 62.4. The minimum Gasteiger partial charge on any atom is -0.744 e. The van der Waals surface area contributed by atoms with Crippen LogP contribution in [-0.4, -0.2) is 44.3 Å². The second kappa shape index (κ2) is 8.78. The van der Waals surface area contributed by atoms with Crippen LogP contribution in [0.15, 0.2) is 41.4 Å². The van der Waals surface area contributed by atoms with Gasteiger partial charge in [-0.25, -0.2) is 21.8 Å². The van der Waals surface area contributed by atoms with Crippen LogP contribution in [0.5, 0.6) is 5.75 Å². The van der Waals surface area contributed by atoms with Crippen LogP contribution in [-0.2, 0) is 20.1 Å². The third-order valence-electron chi connectivity index (χ3n) is 2.52. The number of ether oxygens (including phenoxy) is 1. The van der Waals surface area contributed by atoms with Gasteiger partial charge in [-0.2, -0.15) is 4.98 Å². The first-order chi connectivity index (χ1) is 11.1. The summed E-state index contributed by atoms with van der Waals surface area (Å²) in [6.45, 7) is -0.0995. The summed E-state index contributed by atoms with van der Waals surface area (Å²) in [6, 6.07) is 6.60. The smallest absolute Gasteiger partial charge is 0.744 e. The molecule has 0 bridgehead atoms. The van der Waals surface area contributed by atoms with Crippen molar-refractivity contribution in [2.45, 2.75) is 4.90 Å². The molecule has 0 aliphatic rings. The average Bonchev–Trinajstić information content (AvgIpc) is 2.45. The predicted molar refractivity (Wildman–Crippen MR) is 86.1 cm³/mol. The van der Waals surface area contributed by atoms with Crippen LogP contribution in [0.4, 0.5) is 11.8 Å². The summed E-state index contributed by atoms with van der Waals surface area (Å²) in [7, 11) is -8.06. The van der Waals surface area contributed by atoms with Crippen LogP contribution in [0, 0.1) is 0 Å². The molecule has 0 saturated heterocycles. The summed E-state index contributed by atoms with van der Waals surface area (Å²) in [5, 5.41) is 2.74. The number of benzene rings is 1. The van der Waals surface area contributed by atoms with Crippen LogP contribution >= 0.6 is 0 Å². The van der Waals surface area contributed by atoms with E-state index in [0.717, 1.165) is 18.4 Å². The quantitative estimate of drug-likeness (QED) is 0.292. The molecule has 0 unspecified atom stereocenters. The standard InChI is InChI=1S/C12H14N4O6S2.Na.H2/c1-23(17,18)16-12-13-6-5-11(15-12)14-8-22-9-3-2-4-10(7-9)24(19,20)21;;/h2-7H,8H2,1H3,(H,19,20,21)(H2,13,14,15,16);;1H/q;+1;/p-1. The molecule has 1 heterocycles. The van der Waals surface area contributed by atoms with Gasteiger partial charge in [-0.05, 0) is 24.3 Å². The minimum atomic E-state index is -4.56. The van der Waals surface area contributed by atoms with Crippen LogP contribution < -0.4 is 44.3 Å². The van der Waals surface area contributed by atoms with E-state index in [1.54, 1.807) is 0 Å². The fraction of sp³-hybridized carbons (Fsp3) is 0.167. The molecule has 25 heavy (non-hydrogen) atoms. The van der Waals surface area contributed by atoms with E-state index in [2.05, 4.69) is 20.0 Å². The van der Waals surface area contributed by atoms with E-state index in [0.29, 0.717) is 0 Å². The molecule has 10 nitrogen and oxygen atoms in total. The Morgan fingerprint density at radius 3 is 2.60 bits per heavy atom. The number of rotatable bonds is 7. The fourth-order valence-electron chi connectivity index (χ4n) is 1.59. The molecule has 13 heteroatoms. The Bertz CT molecular complexity index is 942. The molecule has 0 aliphatic heterocycles. The average molecular weight is 398 g/mol. The van der Waals surface area contributed by atoms with Crippen molar-refractivity contribution in [3.63, 3.8) is 0 Å². The zero-order valence-electron chi connectivity index (χ0n) is 13.3. The third kappa shape index (κ3) is 7.54. The molecule has 2 N–H and O–H groups in total. The zero-order chi connectivity index (χ0) is 17.8. The van der Waals surface area contributed by atoms with Crippen LogP contribution in [0.2, 0.25) is 0 Å². The van der Waals surface area contributed by atoms with Crippen molar-refractivity contribution in [2.24, 2.45) is 0 Å². The van der Waals surface area contributed by atoms with E-state index in [1.165, 1.54) is 24.4 Å². The van der Waals surface area contributed by atoms with Gasteiger partial charge < -0.3 is 14.6 Å². The Morgan fingerprint density at radius 1 is 1.24 bits per heavy atom. The van der Waals surface area contributed by atoms with Gasteiger partial charge in [-0.1, -0.05) is 6.07 Å². The fourth-order valence-corrected chi connectivity index (χ4v) is 2.52. The minimum absolute atomic E-state index is 0. The summed E-state index contributed by atoms with van der Waals surface area (Å²) in [6.07, 6.45) is 2.31. The molecule has 0 aliphatic carbocycles. The van der Waals surface area contributed by atoms with Crippen molar-refractivity contribution >= 4 is 31.9 Å². The van der Waals surface area contributed by atoms with Crippen LogP contribution in [0.1, 0.15) is 1.43 Å². The van der Waals surface area contributed by atoms with Gasteiger partial charge in [0, 0.05) is 7.62 Å². The predicted octanol–water partition coefficient (Wildman–Crippen LogP) is -2.55. The first kappa shape index (κ1) is 21.6. The molecule has 0 atom stereocenters. The van der Waals surface area contributed by atoms with Gasteiger partial charge in [0.25, 0.3) is 0 Å². The van der Waals surface area contributed by atoms with E-state index in [1.807, 2.05) is 0 Å². The Balaban J connectivity index is 0.00000312. The van der Waals surface area contributed by atoms with Crippen molar-refractivity contribution in [1.29, 1.82) is 0 Å². The molecule has 0 spiro atoms. The van der Waals surface area contributed by atoms with Crippen LogP contribution in [0.3, 0.4) is 0 Å². The molecule has 1 aromatic heterocycles. The number of nitrogens with one attached hydrogen (secondary N) is 2. The summed E-state index contributed by atoms with van der Waals surface area (Å²) in [5.41, 5.74) is 0. The Labute approximate surface area is 168 Å². The number of nitrogens with zero attached hydrogens (tertiary/aromatic N) is 2. The molecule has 0 amide bonds. The number of anilines is 2. The van der Waals surface area contributed by atoms with Crippen molar-refractivity contribution in [3.8, 4) is 5.75 Å². The third-order valence-corrected chi connectivity index (χ3v) is 3.90. The maximum absolute atomic E-state index is 11.1. The number of hydrogen-bond acceptors (Lipinski definition) is 9. The molecule has 0 fully saturated rings. The summed E-state index contributed by atoms with van der Waals surface area (Å²) in [5.74, 6) is 0.341. The van der Waals surface area contributed by atoms with Gasteiger partial charge in [-0.15, -0.1) is 0 Å². The van der Waals surface area contributed by atoms with Gasteiger partial charge in [0.15, 0.2) is 6.73 Å². The first-order valence-corrected chi connectivity index (χ1v) is 9.67. The van der Waals surface area contributed by atoms with Gasteiger partial charge in [0.2, 0.25) is 16.0 Å². The Kier molecular flexibility index (Phi) is 7.59. The Morgan fingerprint density at radius 2 is 1.96 bits per heavy atom. The van der Waals surface area contributed by atoms with Crippen LogP contribution in [0.25, 0.3) is 0 Å². The van der Waals surface area contributed by atoms with Gasteiger partial charge in [0.1, 0.15) is 21.7 Å². The topological polar surface area (TPSA) is 150 Å². The summed E-state index contributed by atoms with van der Waals surface area (Å²) in [4.78, 5) is 7.25. The number of aromatic nitrogens is 2. The molecule has 0 saturated carbocycles. The largest absolute Gasteiger partial charge is 1.00 e.